The Morgan fingerprint density at radius 3 is 2.17 bits per heavy atom. The fourth-order valence-electron chi connectivity index (χ4n) is 6.59. The number of carbonyl (C=O) groups excluding carboxylic acids is 3. The average Bonchev–Trinajstić information content (AvgIpc) is 3.46. The molecule has 7 nitrogen and oxygen atoms in total. The van der Waals surface area contributed by atoms with Crippen molar-refractivity contribution in [3.8, 4) is 0 Å². The van der Waals surface area contributed by atoms with Gasteiger partial charge in [0.2, 0.25) is 5.91 Å². The molecule has 1 aromatic heterocycles. The Balaban J connectivity index is 1.31. The molecule has 0 saturated carbocycles. The predicted octanol–water partition coefficient (Wildman–Crippen LogP) is 5.57. The highest BCUT2D eigenvalue weighted by molar-refractivity contribution is 6.11. The second-order valence-corrected chi connectivity index (χ2v) is 11.7. The molecule has 1 saturated heterocycles. The van der Waals surface area contributed by atoms with Gasteiger partial charge in [0, 0.05) is 29.9 Å². The van der Waals surface area contributed by atoms with Crippen LogP contribution in [0, 0.1) is 5.92 Å². The zero-order valence-electron chi connectivity index (χ0n) is 23.8. The summed E-state index contributed by atoms with van der Waals surface area (Å²) >= 11 is 0. The van der Waals surface area contributed by atoms with E-state index in [1.165, 1.54) is 4.90 Å². The maximum atomic E-state index is 14.3. The van der Waals surface area contributed by atoms with Gasteiger partial charge in [-0.3, -0.25) is 9.59 Å². The topological polar surface area (TPSA) is 85.5 Å². The van der Waals surface area contributed by atoms with Crippen LogP contribution in [-0.2, 0) is 21.5 Å². The zero-order valence-corrected chi connectivity index (χ0v) is 23.8. The highest BCUT2D eigenvalue weighted by Gasteiger charge is 2.60. The van der Waals surface area contributed by atoms with E-state index in [4.69, 9.17) is 0 Å². The van der Waals surface area contributed by atoms with Crippen LogP contribution in [0.3, 0.4) is 0 Å². The number of nitrogens with one attached hydrogen (secondary N) is 2. The molecule has 0 unspecified atom stereocenters. The average molecular weight is 549 g/mol. The predicted molar refractivity (Wildman–Crippen MR) is 159 cm³/mol. The lowest BCUT2D eigenvalue weighted by Gasteiger charge is -2.36. The first-order chi connectivity index (χ1) is 19.8. The fourth-order valence-corrected chi connectivity index (χ4v) is 6.59. The summed E-state index contributed by atoms with van der Waals surface area (Å²) in [4.78, 5) is 48.5. The van der Waals surface area contributed by atoms with Gasteiger partial charge in [-0.15, -0.1) is 0 Å². The molecule has 2 atom stereocenters. The summed E-state index contributed by atoms with van der Waals surface area (Å²) < 4.78 is 0. The molecule has 7 heteroatoms. The minimum absolute atomic E-state index is 0.0659. The molecule has 4 amide bonds. The Labute approximate surface area is 240 Å². The van der Waals surface area contributed by atoms with Gasteiger partial charge in [-0.1, -0.05) is 92.7 Å². The van der Waals surface area contributed by atoms with E-state index in [2.05, 4.69) is 34.6 Å². The van der Waals surface area contributed by atoms with E-state index in [0.717, 1.165) is 33.3 Å². The van der Waals surface area contributed by atoms with Gasteiger partial charge in [0.1, 0.15) is 6.04 Å². The molecular weight excluding hydrogens is 512 g/mol. The van der Waals surface area contributed by atoms with E-state index in [1.807, 2.05) is 81.4 Å². The number of amides is 4. The van der Waals surface area contributed by atoms with Crippen LogP contribution in [0.25, 0.3) is 10.9 Å². The van der Waals surface area contributed by atoms with Crippen molar-refractivity contribution < 1.29 is 14.4 Å². The Kier molecular flexibility index (Phi) is 6.89. The van der Waals surface area contributed by atoms with Crippen LogP contribution in [-0.4, -0.2) is 51.8 Å². The molecule has 0 aliphatic carbocycles. The second kappa shape index (κ2) is 10.5. The van der Waals surface area contributed by atoms with Crippen LogP contribution in [0.4, 0.5) is 4.79 Å². The minimum Gasteiger partial charge on any atom is -0.356 e. The van der Waals surface area contributed by atoms with Crippen LogP contribution in [0.2, 0.25) is 0 Å². The first kappa shape index (κ1) is 26.8. The van der Waals surface area contributed by atoms with Gasteiger partial charge >= 0.3 is 6.03 Å². The smallest absolute Gasteiger partial charge is 0.328 e. The van der Waals surface area contributed by atoms with Crippen molar-refractivity contribution in [1.82, 2.24) is 20.1 Å². The van der Waals surface area contributed by atoms with Crippen LogP contribution in [0.5, 0.6) is 0 Å². The molecule has 2 aliphatic heterocycles. The number of aromatic amines is 1. The lowest BCUT2D eigenvalue weighted by atomic mass is 9.86. The van der Waals surface area contributed by atoms with Crippen molar-refractivity contribution in [3.63, 3.8) is 0 Å². The fraction of sp³-hybridized carbons (Fsp3) is 0.324. The van der Waals surface area contributed by atoms with E-state index >= 15 is 0 Å². The standard InChI is InChI=1S/C34H36N4O3/c1-22(2)20-29(31(39)35-21-27(23-12-6-4-7-13-23)24-14-8-5-9-15-24)38-32(40)34(3)30-26(18-19-37(34)33(38)41)25-16-10-11-17-28(25)36-30/h4-17,22,27,29,36H,18-21H2,1-3H3,(H,35,39)/t29-,34+/m1/s1. The van der Waals surface area contributed by atoms with Crippen molar-refractivity contribution >= 4 is 28.7 Å². The summed E-state index contributed by atoms with van der Waals surface area (Å²) in [6.45, 7) is 6.60. The highest BCUT2D eigenvalue weighted by atomic mass is 16.2. The van der Waals surface area contributed by atoms with E-state index in [9.17, 15) is 14.4 Å². The van der Waals surface area contributed by atoms with Gasteiger partial charge in [0.05, 0.1) is 5.69 Å². The Bertz CT molecular complexity index is 1560. The Hall–Kier alpha value is -4.39. The summed E-state index contributed by atoms with van der Waals surface area (Å²) in [5.41, 5.74) is 3.76. The SMILES string of the molecule is CC(C)C[C@H](C(=O)NCC(c1ccccc1)c1ccccc1)N1C(=O)N2CCc3c([nH]c4ccccc34)[C@@]2(C)C1=O. The summed E-state index contributed by atoms with van der Waals surface area (Å²) in [6, 6.07) is 26.8. The Morgan fingerprint density at radius 2 is 1.54 bits per heavy atom. The number of H-pyrrole nitrogens is 1. The molecule has 2 N–H and O–H groups in total. The number of imide groups is 1. The monoisotopic (exact) mass is 548 g/mol. The number of urea groups is 1. The third kappa shape index (κ3) is 4.49. The van der Waals surface area contributed by atoms with Crippen molar-refractivity contribution in [1.29, 1.82) is 0 Å². The van der Waals surface area contributed by atoms with E-state index in [1.54, 1.807) is 4.90 Å². The molecule has 0 radical (unpaired) electrons. The first-order valence-corrected chi connectivity index (χ1v) is 14.4. The maximum Gasteiger partial charge on any atom is 0.328 e. The molecule has 2 aliphatic rings. The van der Waals surface area contributed by atoms with Crippen molar-refractivity contribution in [2.75, 3.05) is 13.1 Å². The molecule has 3 heterocycles. The molecule has 210 valence electrons. The van der Waals surface area contributed by atoms with Crippen LogP contribution in [0.1, 0.15) is 55.5 Å². The number of carbonyl (C=O) groups is 3. The minimum atomic E-state index is -1.18. The number of hydrogen-bond donors (Lipinski definition) is 2. The van der Waals surface area contributed by atoms with Crippen LogP contribution < -0.4 is 5.32 Å². The van der Waals surface area contributed by atoms with E-state index < -0.39 is 17.6 Å². The normalized spacial score (nSPS) is 19.1. The molecule has 0 bridgehead atoms. The third-order valence-corrected chi connectivity index (χ3v) is 8.69. The molecule has 0 spiro atoms. The zero-order chi connectivity index (χ0) is 28.7. The van der Waals surface area contributed by atoms with E-state index in [0.29, 0.717) is 25.9 Å². The number of hydrogen-bond acceptors (Lipinski definition) is 3. The van der Waals surface area contributed by atoms with Crippen molar-refractivity contribution in [2.45, 2.75) is 51.1 Å². The molecule has 3 aromatic carbocycles. The summed E-state index contributed by atoms with van der Waals surface area (Å²) in [6.07, 6.45) is 1.03. The first-order valence-electron chi connectivity index (χ1n) is 14.4. The number of benzene rings is 3. The molecule has 41 heavy (non-hydrogen) atoms. The van der Waals surface area contributed by atoms with Gasteiger partial charge < -0.3 is 15.2 Å². The van der Waals surface area contributed by atoms with Gasteiger partial charge in [0.15, 0.2) is 5.54 Å². The van der Waals surface area contributed by atoms with Gasteiger partial charge in [-0.05, 0) is 48.4 Å². The quantitative estimate of drug-likeness (QED) is 0.283. The molecule has 6 rings (SSSR count). The molecular formula is C34H36N4O3. The van der Waals surface area contributed by atoms with Crippen LogP contribution >= 0.6 is 0 Å². The van der Waals surface area contributed by atoms with Crippen molar-refractivity contribution in [2.24, 2.45) is 5.92 Å². The lowest BCUT2D eigenvalue weighted by molar-refractivity contribution is -0.140. The second-order valence-electron chi connectivity index (χ2n) is 11.7. The largest absolute Gasteiger partial charge is 0.356 e. The number of nitrogens with zero attached hydrogens (tertiary/aromatic N) is 2. The molecule has 1 fully saturated rings. The maximum absolute atomic E-state index is 14.3. The summed E-state index contributed by atoms with van der Waals surface area (Å²) in [7, 11) is 0. The van der Waals surface area contributed by atoms with Gasteiger partial charge in [0.25, 0.3) is 5.91 Å². The summed E-state index contributed by atoms with van der Waals surface area (Å²) in [5.74, 6) is -0.626. The number of para-hydroxylation sites is 1. The number of fused-ring (bicyclic) bond motifs is 5. The number of aromatic nitrogens is 1. The van der Waals surface area contributed by atoms with Gasteiger partial charge in [-0.25, -0.2) is 9.69 Å². The molecule has 4 aromatic rings. The number of rotatable bonds is 8. The van der Waals surface area contributed by atoms with E-state index in [-0.39, 0.29) is 23.7 Å². The van der Waals surface area contributed by atoms with Crippen LogP contribution in [0.15, 0.2) is 84.9 Å². The lowest BCUT2D eigenvalue weighted by Crippen LogP contribution is -2.52. The van der Waals surface area contributed by atoms with Gasteiger partial charge in [-0.2, -0.15) is 0 Å². The third-order valence-electron chi connectivity index (χ3n) is 8.69. The Morgan fingerprint density at radius 1 is 0.927 bits per heavy atom. The van der Waals surface area contributed by atoms with Crippen molar-refractivity contribution in [3.05, 3.63) is 107 Å². The summed E-state index contributed by atoms with van der Waals surface area (Å²) in [5, 5.41) is 4.20. The highest BCUT2D eigenvalue weighted by Crippen LogP contribution is 2.45.